The van der Waals surface area contributed by atoms with Gasteiger partial charge in [-0.05, 0) is 40.2 Å². The summed E-state index contributed by atoms with van der Waals surface area (Å²) in [7, 11) is 0. The summed E-state index contributed by atoms with van der Waals surface area (Å²) in [5.74, 6) is 1.47. The van der Waals surface area contributed by atoms with E-state index in [1.165, 1.54) is 0 Å². The van der Waals surface area contributed by atoms with E-state index >= 15 is 0 Å². The van der Waals surface area contributed by atoms with Gasteiger partial charge in [0.15, 0.2) is 11.5 Å². The van der Waals surface area contributed by atoms with Gasteiger partial charge < -0.3 is 4.74 Å². The molecule has 18 heavy (non-hydrogen) atoms. The van der Waals surface area contributed by atoms with Crippen LogP contribution < -0.4 is 4.74 Å². The molecule has 0 aliphatic heterocycles. The summed E-state index contributed by atoms with van der Waals surface area (Å²) in [4.78, 5) is 4.39. The van der Waals surface area contributed by atoms with Crippen molar-refractivity contribution in [2.45, 2.75) is 6.61 Å². The van der Waals surface area contributed by atoms with Gasteiger partial charge in [-0.2, -0.15) is 0 Å². The minimum atomic E-state index is 0.359. The standard InChI is InChI=1S/C13H10BrN3O/c14-11-7-4-8-13-15-12(16-17(11)13)9-18-10-5-2-1-3-6-10/h1-8H,9H2. The Hall–Kier alpha value is -1.88. The molecule has 3 aromatic rings. The molecule has 0 bridgehead atoms. The minimum absolute atomic E-state index is 0.359. The minimum Gasteiger partial charge on any atom is -0.486 e. The Morgan fingerprint density at radius 3 is 2.67 bits per heavy atom. The van der Waals surface area contributed by atoms with E-state index in [1.807, 2.05) is 48.5 Å². The fourth-order valence-electron chi connectivity index (χ4n) is 1.64. The Labute approximate surface area is 112 Å². The highest BCUT2D eigenvalue weighted by atomic mass is 79.9. The average molecular weight is 304 g/mol. The molecular weight excluding hydrogens is 294 g/mol. The van der Waals surface area contributed by atoms with Crippen LogP contribution in [0.1, 0.15) is 5.82 Å². The van der Waals surface area contributed by atoms with E-state index < -0.39 is 0 Å². The number of aromatic nitrogens is 3. The first-order valence-electron chi connectivity index (χ1n) is 5.51. The summed E-state index contributed by atoms with van der Waals surface area (Å²) < 4.78 is 8.22. The zero-order chi connectivity index (χ0) is 12.4. The van der Waals surface area contributed by atoms with Crippen LogP contribution in [-0.2, 0) is 6.61 Å². The average Bonchev–Trinajstić information content (AvgIpc) is 2.82. The fourth-order valence-corrected chi connectivity index (χ4v) is 2.06. The van der Waals surface area contributed by atoms with Crippen LogP contribution in [0.4, 0.5) is 0 Å². The topological polar surface area (TPSA) is 39.4 Å². The zero-order valence-corrected chi connectivity index (χ0v) is 11.0. The first-order chi connectivity index (χ1) is 8.83. The van der Waals surface area contributed by atoms with Crippen LogP contribution in [0, 0.1) is 0 Å². The number of rotatable bonds is 3. The number of fused-ring (bicyclic) bond motifs is 1. The highest BCUT2D eigenvalue weighted by Crippen LogP contribution is 2.13. The number of ether oxygens (including phenoxy) is 1. The van der Waals surface area contributed by atoms with Crippen LogP contribution in [0.25, 0.3) is 5.65 Å². The van der Waals surface area contributed by atoms with Crippen molar-refractivity contribution < 1.29 is 4.74 Å². The molecule has 0 unspecified atom stereocenters. The number of para-hydroxylation sites is 1. The van der Waals surface area contributed by atoms with Gasteiger partial charge in [-0.15, -0.1) is 5.10 Å². The van der Waals surface area contributed by atoms with Gasteiger partial charge in [0, 0.05) is 0 Å². The predicted octanol–water partition coefficient (Wildman–Crippen LogP) is 3.07. The van der Waals surface area contributed by atoms with E-state index in [-0.39, 0.29) is 0 Å². The summed E-state index contributed by atoms with van der Waals surface area (Å²) >= 11 is 3.43. The number of hydrogen-bond acceptors (Lipinski definition) is 3. The first kappa shape index (κ1) is 11.2. The maximum Gasteiger partial charge on any atom is 0.189 e. The van der Waals surface area contributed by atoms with Gasteiger partial charge in [0.05, 0.1) is 0 Å². The number of nitrogens with zero attached hydrogens (tertiary/aromatic N) is 3. The highest BCUT2D eigenvalue weighted by molar-refractivity contribution is 9.10. The lowest BCUT2D eigenvalue weighted by molar-refractivity contribution is 0.296. The molecule has 0 fully saturated rings. The molecule has 5 heteroatoms. The van der Waals surface area contributed by atoms with Crippen molar-refractivity contribution in [3.63, 3.8) is 0 Å². The van der Waals surface area contributed by atoms with Crippen molar-refractivity contribution in [1.29, 1.82) is 0 Å². The van der Waals surface area contributed by atoms with Crippen molar-refractivity contribution >= 4 is 21.6 Å². The van der Waals surface area contributed by atoms with Gasteiger partial charge in [0.1, 0.15) is 17.0 Å². The van der Waals surface area contributed by atoms with Crippen LogP contribution in [0.15, 0.2) is 53.1 Å². The zero-order valence-electron chi connectivity index (χ0n) is 9.45. The van der Waals surface area contributed by atoms with Crippen LogP contribution in [0.2, 0.25) is 0 Å². The molecule has 2 heterocycles. The Kier molecular flexibility index (Phi) is 2.98. The largest absolute Gasteiger partial charge is 0.486 e. The number of halogens is 1. The van der Waals surface area contributed by atoms with Crippen LogP contribution in [0.5, 0.6) is 5.75 Å². The number of pyridine rings is 1. The Balaban J connectivity index is 1.81. The van der Waals surface area contributed by atoms with E-state index in [2.05, 4.69) is 26.0 Å². The molecule has 0 amide bonds. The lowest BCUT2D eigenvalue weighted by Gasteiger charge is -2.01. The van der Waals surface area contributed by atoms with E-state index in [0.29, 0.717) is 12.4 Å². The first-order valence-corrected chi connectivity index (χ1v) is 6.30. The van der Waals surface area contributed by atoms with E-state index in [0.717, 1.165) is 16.0 Å². The van der Waals surface area contributed by atoms with Crippen molar-refractivity contribution in [2.75, 3.05) is 0 Å². The third-order valence-electron chi connectivity index (χ3n) is 2.47. The molecule has 0 saturated carbocycles. The molecule has 0 radical (unpaired) electrons. The smallest absolute Gasteiger partial charge is 0.189 e. The molecule has 0 saturated heterocycles. The lowest BCUT2D eigenvalue weighted by Crippen LogP contribution is -1.98. The molecule has 3 rings (SSSR count). The quantitative estimate of drug-likeness (QED) is 0.698. The molecule has 2 aromatic heterocycles. The van der Waals surface area contributed by atoms with Gasteiger partial charge >= 0.3 is 0 Å². The number of benzene rings is 1. The van der Waals surface area contributed by atoms with Crippen LogP contribution in [0.3, 0.4) is 0 Å². The van der Waals surface area contributed by atoms with E-state index in [9.17, 15) is 0 Å². The molecule has 0 aliphatic rings. The third kappa shape index (κ3) is 2.22. The van der Waals surface area contributed by atoms with E-state index in [4.69, 9.17) is 4.74 Å². The summed E-state index contributed by atoms with van der Waals surface area (Å²) in [5.41, 5.74) is 0.802. The summed E-state index contributed by atoms with van der Waals surface area (Å²) in [6, 6.07) is 15.4. The third-order valence-corrected chi connectivity index (χ3v) is 3.07. The number of hydrogen-bond donors (Lipinski definition) is 0. The monoisotopic (exact) mass is 303 g/mol. The molecule has 90 valence electrons. The van der Waals surface area contributed by atoms with Gasteiger partial charge in [-0.3, -0.25) is 0 Å². The Bertz CT molecular complexity index is 666. The van der Waals surface area contributed by atoms with Crippen LogP contribution >= 0.6 is 15.9 Å². The van der Waals surface area contributed by atoms with Crippen molar-refractivity contribution in [1.82, 2.24) is 14.6 Å². The summed E-state index contributed by atoms with van der Waals surface area (Å²) in [6.07, 6.45) is 0. The molecule has 1 aromatic carbocycles. The second-order valence-corrected chi connectivity index (χ2v) is 4.56. The normalized spacial score (nSPS) is 10.7. The van der Waals surface area contributed by atoms with Gasteiger partial charge in [-0.25, -0.2) is 9.50 Å². The second kappa shape index (κ2) is 4.78. The summed E-state index contributed by atoms with van der Waals surface area (Å²) in [6.45, 7) is 0.359. The fraction of sp³-hybridized carbons (Fsp3) is 0.0769. The molecule has 4 nitrogen and oxygen atoms in total. The van der Waals surface area contributed by atoms with Gasteiger partial charge in [0.2, 0.25) is 0 Å². The van der Waals surface area contributed by atoms with E-state index in [1.54, 1.807) is 4.52 Å². The van der Waals surface area contributed by atoms with Crippen LogP contribution in [-0.4, -0.2) is 14.6 Å². The highest BCUT2D eigenvalue weighted by Gasteiger charge is 2.05. The molecule has 0 atom stereocenters. The Morgan fingerprint density at radius 1 is 1.06 bits per heavy atom. The molecule has 0 spiro atoms. The van der Waals surface area contributed by atoms with Crippen molar-refractivity contribution in [3.8, 4) is 5.75 Å². The van der Waals surface area contributed by atoms with Gasteiger partial charge in [0.25, 0.3) is 0 Å². The predicted molar refractivity (Wildman–Crippen MR) is 71.5 cm³/mol. The van der Waals surface area contributed by atoms with Crippen molar-refractivity contribution in [3.05, 3.63) is 59.0 Å². The van der Waals surface area contributed by atoms with Gasteiger partial charge in [-0.1, -0.05) is 24.3 Å². The lowest BCUT2D eigenvalue weighted by atomic mass is 10.3. The summed E-state index contributed by atoms with van der Waals surface area (Å²) in [5, 5.41) is 4.36. The molecular formula is C13H10BrN3O. The molecule has 0 N–H and O–H groups in total. The maximum atomic E-state index is 5.61. The maximum absolute atomic E-state index is 5.61. The molecule has 0 aliphatic carbocycles. The second-order valence-electron chi connectivity index (χ2n) is 3.75. The Morgan fingerprint density at radius 2 is 1.89 bits per heavy atom. The van der Waals surface area contributed by atoms with Crippen molar-refractivity contribution in [2.24, 2.45) is 0 Å². The SMILES string of the molecule is Brc1cccc2nc(COc3ccccc3)nn12.